The maximum absolute atomic E-state index is 2.20. The average molecular weight is 583 g/mol. The van der Waals surface area contributed by atoms with Crippen molar-refractivity contribution in [3.63, 3.8) is 0 Å². The van der Waals surface area contributed by atoms with Gasteiger partial charge in [0.1, 0.15) is 0 Å². The van der Waals surface area contributed by atoms with Crippen LogP contribution in [0.4, 0.5) is 0 Å². The van der Waals surface area contributed by atoms with Crippen LogP contribution in [-0.4, -0.2) is 0 Å². The SMILES string of the molecule is C/C=C/c1ccccc1.CC(=C(c1ccccc1)c1ccccc1)c1ccccc1.CC=C(c1ccccc1)c1ccccc1. The Hall–Kier alpha value is -5.46. The molecule has 0 atom stereocenters. The van der Waals surface area contributed by atoms with E-state index in [9.17, 15) is 0 Å². The van der Waals surface area contributed by atoms with Crippen LogP contribution in [0.25, 0.3) is 22.8 Å². The molecule has 0 spiro atoms. The van der Waals surface area contributed by atoms with Gasteiger partial charge in [0, 0.05) is 0 Å². The van der Waals surface area contributed by atoms with Gasteiger partial charge in [0.25, 0.3) is 0 Å². The molecule has 0 saturated carbocycles. The summed E-state index contributed by atoms with van der Waals surface area (Å²) in [6.45, 7) is 6.30. The van der Waals surface area contributed by atoms with E-state index in [4.69, 9.17) is 0 Å². The molecular formula is C45H42. The molecular weight excluding hydrogens is 540 g/mol. The minimum atomic E-state index is 1.25. The second-order valence-corrected chi connectivity index (χ2v) is 10.4. The van der Waals surface area contributed by atoms with Gasteiger partial charge < -0.3 is 0 Å². The van der Waals surface area contributed by atoms with Gasteiger partial charge in [-0.05, 0) is 70.9 Å². The van der Waals surface area contributed by atoms with E-state index in [0.717, 1.165) is 0 Å². The second kappa shape index (κ2) is 18.3. The summed E-state index contributed by atoms with van der Waals surface area (Å²) < 4.78 is 0. The Labute approximate surface area is 270 Å². The standard InChI is InChI=1S/C21H18.C15H14.C9H10/c1-17(18-11-5-2-6-12-18)21(19-13-7-3-8-14-19)20-15-9-4-10-16-20;1-2-15(13-9-5-3-6-10-13)14-11-7-4-8-12-14;1-2-6-9-7-4-3-5-8-9/h2-16H,1H3;2-12H,1H3;2-8H,1H3/b;;6-2+. The van der Waals surface area contributed by atoms with Crippen molar-refractivity contribution in [2.45, 2.75) is 20.8 Å². The van der Waals surface area contributed by atoms with Gasteiger partial charge in [-0.3, -0.25) is 0 Å². The molecule has 0 fully saturated rings. The van der Waals surface area contributed by atoms with Crippen LogP contribution in [0.2, 0.25) is 0 Å². The summed E-state index contributed by atoms with van der Waals surface area (Å²) in [5.74, 6) is 0. The van der Waals surface area contributed by atoms with Crippen LogP contribution < -0.4 is 0 Å². The van der Waals surface area contributed by atoms with Gasteiger partial charge in [0.2, 0.25) is 0 Å². The van der Waals surface area contributed by atoms with E-state index in [1.54, 1.807) is 0 Å². The molecule has 0 amide bonds. The smallest absolute Gasteiger partial charge is 0.00762 e. The van der Waals surface area contributed by atoms with E-state index in [1.807, 2.05) is 43.3 Å². The van der Waals surface area contributed by atoms with Gasteiger partial charge in [-0.1, -0.05) is 200 Å². The largest absolute Gasteiger partial charge is 0.0871 e. The molecule has 6 aromatic rings. The van der Waals surface area contributed by atoms with E-state index in [1.165, 1.54) is 50.1 Å². The molecule has 0 aliphatic carbocycles. The monoisotopic (exact) mass is 582 g/mol. The number of hydrogen-bond donors (Lipinski definition) is 0. The highest BCUT2D eigenvalue weighted by atomic mass is 14.1. The Bertz CT molecular complexity index is 1660. The molecule has 6 aromatic carbocycles. The summed E-state index contributed by atoms with van der Waals surface area (Å²) in [6.07, 6.45) is 6.28. The fourth-order valence-electron chi connectivity index (χ4n) is 5.13. The molecule has 0 N–H and O–H groups in total. The van der Waals surface area contributed by atoms with Crippen molar-refractivity contribution in [2.24, 2.45) is 0 Å². The van der Waals surface area contributed by atoms with Crippen molar-refractivity contribution < 1.29 is 0 Å². The molecule has 0 nitrogen and oxygen atoms in total. The van der Waals surface area contributed by atoms with Crippen molar-refractivity contribution in [2.75, 3.05) is 0 Å². The quantitative estimate of drug-likeness (QED) is 0.171. The fourth-order valence-corrected chi connectivity index (χ4v) is 5.13. The zero-order chi connectivity index (χ0) is 31.5. The molecule has 6 rings (SSSR count). The van der Waals surface area contributed by atoms with E-state index >= 15 is 0 Å². The van der Waals surface area contributed by atoms with Crippen LogP contribution >= 0.6 is 0 Å². The summed E-state index contributed by atoms with van der Waals surface area (Å²) in [4.78, 5) is 0. The van der Waals surface area contributed by atoms with Crippen molar-refractivity contribution >= 4 is 22.8 Å². The predicted molar refractivity (Wildman–Crippen MR) is 198 cm³/mol. The molecule has 0 aliphatic rings. The molecule has 0 bridgehead atoms. The maximum atomic E-state index is 2.20. The third-order valence-corrected chi connectivity index (χ3v) is 7.32. The third-order valence-electron chi connectivity index (χ3n) is 7.32. The number of hydrogen-bond acceptors (Lipinski definition) is 0. The lowest BCUT2D eigenvalue weighted by Gasteiger charge is -2.14. The molecule has 0 unspecified atom stereocenters. The molecule has 45 heavy (non-hydrogen) atoms. The first kappa shape index (κ1) is 32.5. The summed E-state index contributed by atoms with van der Waals surface area (Å²) in [5, 5.41) is 0. The van der Waals surface area contributed by atoms with Crippen LogP contribution in [-0.2, 0) is 0 Å². The highest BCUT2D eigenvalue weighted by molar-refractivity contribution is 5.97. The number of allylic oxidation sites excluding steroid dienone is 3. The first-order valence-electron chi connectivity index (χ1n) is 15.5. The van der Waals surface area contributed by atoms with Crippen LogP contribution in [0.15, 0.2) is 194 Å². The molecule has 0 radical (unpaired) electrons. The Morgan fingerprint density at radius 1 is 0.378 bits per heavy atom. The van der Waals surface area contributed by atoms with Gasteiger partial charge in [-0.25, -0.2) is 0 Å². The van der Waals surface area contributed by atoms with Gasteiger partial charge in [0.15, 0.2) is 0 Å². The van der Waals surface area contributed by atoms with E-state index in [-0.39, 0.29) is 0 Å². The zero-order valence-corrected chi connectivity index (χ0v) is 26.6. The van der Waals surface area contributed by atoms with Gasteiger partial charge in [0.05, 0.1) is 0 Å². The average Bonchev–Trinajstić information content (AvgIpc) is 3.12. The summed E-state index contributed by atoms with van der Waals surface area (Å²) in [6, 6.07) is 63.0. The van der Waals surface area contributed by atoms with Crippen LogP contribution in [0.3, 0.4) is 0 Å². The summed E-state index contributed by atoms with van der Waals surface area (Å²) in [7, 11) is 0. The first-order chi connectivity index (χ1) is 22.2. The third kappa shape index (κ3) is 10.1. The van der Waals surface area contributed by atoms with Crippen LogP contribution in [0.1, 0.15) is 54.2 Å². The number of benzene rings is 6. The minimum absolute atomic E-state index is 1.25. The van der Waals surface area contributed by atoms with E-state index in [0.29, 0.717) is 0 Å². The minimum Gasteiger partial charge on any atom is -0.0871 e. The number of rotatable bonds is 6. The second-order valence-electron chi connectivity index (χ2n) is 10.4. The van der Waals surface area contributed by atoms with Crippen LogP contribution in [0, 0.1) is 0 Å². The van der Waals surface area contributed by atoms with E-state index in [2.05, 4.69) is 178 Å². The Kier molecular flexibility index (Phi) is 13.2. The zero-order valence-electron chi connectivity index (χ0n) is 26.6. The molecule has 0 heteroatoms. The highest BCUT2D eigenvalue weighted by Crippen LogP contribution is 2.31. The maximum Gasteiger partial charge on any atom is -0.00762 e. The molecule has 0 aromatic heterocycles. The lowest BCUT2D eigenvalue weighted by atomic mass is 9.90. The summed E-state index contributed by atoms with van der Waals surface area (Å²) >= 11 is 0. The highest BCUT2D eigenvalue weighted by Gasteiger charge is 2.09. The Morgan fingerprint density at radius 2 is 0.689 bits per heavy atom. The lowest BCUT2D eigenvalue weighted by Crippen LogP contribution is -1.92. The predicted octanol–water partition coefficient (Wildman–Crippen LogP) is 12.5. The van der Waals surface area contributed by atoms with Gasteiger partial charge >= 0.3 is 0 Å². The van der Waals surface area contributed by atoms with E-state index < -0.39 is 0 Å². The Morgan fingerprint density at radius 3 is 1.02 bits per heavy atom. The molecule has 0 heterocycles. The van der Waals surface area contributed by atoms with Crippen molar-refractivity contribution in [1.29, 1.82) is 0 Å². The topological polar surface area (TPSA) is 0 Å². The molecule has 0 aliphatic heterocycles. The van der Waals surface area contributed by atoms with Crippen molar-refractivity contribution in [3.05, 3.63) is 228 Å². The fraction of sp³-hybridized carbons (Fsp3) is 0.0667. The van der Waals surface area contributed by atoms with Crippen molar-refractivity contribution in [1.82, 2.24) is 0 Å². The normalized spacial score (nSPS) is 10.0. The Balaban J connectivity index is 0.000000167. The van der Waals surface area contributed by atoms with Crippen LogP contribution in [0.5, 0.6) is 0 Å². The van der Waals surface area contributed by atoms with Gasteiger partial charge in [-0.2, -0.15) is 0 Å². The van der Waals surface area contributed by atoms with Gasteiger partial charge in [-0.15, -0.1) is 0 Å². The summed E-state index contributed by atoms with van der Waals surface area (Å²) in [5.41, 5.74) is 11.5. The van der Waals surface area contributed by atoms with Crippen molar-refractivity contribution in [3.8, 4) is 0 Å². The first-order valence-corrected chi connectivity index (χ1v) is 15.5. The lowest BCUT2D eigenvalue weighted by molar-refractivity contribution is 1.51. The molecule has 222 valence electrons. The molecule has 0 saturated heterocycles.